The number of amides is 1. The van der Waals surface area contributed by atoms with Gasteiger partial charge in [-0.05, 0) is 26.7 Å². The second-order valence-electron chi connectivity index (χ2n) is 4.60. The first-order chi connectivity index (χ1) is 7.05. The van der Waals surface area contributed by atoms with Crippen LogP contribution in [0.1, 0.15) is 33.1 Å². The Kier molecular flexibility index (Phi) is 4.54. The number of nitrogens with zero attached hydrogens (tertiary/aromatic N) is 1. The third-order valence-electron chi connectivity index (χ3n) is 2.58. The lowest BCUT2D eigenvalue weighted by Crippen LogP contribution is -2.50. The van der Waals surface area contributed by atoms with Gasteiger partial charge in [-0.2, -0.15) is 0 Å². The van der Waals surface area contributed by atoms with Crippen LogP contribution in [0.15, 0.2) is 0 Å². The molecule has 1 N–H and O–H groups in total. The maximum absolute atomic E-state index is 11.7. The maximum atomic E-state index is 11.7. The van der Waals surface area contributed by atoms with Gasteiger partial charge in [0.15, 0.2) is 0 Å². The molecule has 0 aromatic rings. The summed E-state index contributed by atoms with van der Waals surface area (Å²) in [7, 11) is 0. The van der Waals surface area contributed by atoms with Crippen LogP contribution in [0.3, 0.4) is 0 Å². The number of carbonyl (C=O) groups excluding carboxylic acids is 1. The molecule has 1 amide bonds. The van der Waals surface area contributed by atoms with Gasteiger partial charge in [-0.1, -0.05) is 0 Å². The van der Waals surface area contributed by atoms with Crippen molar-refractivity contribution in [3.8, 4) is 0 Å². The molecule has 88 valence electrons. The number of unbranched alkanes of at least 4 members (excludes halogenated alkanes) is 1. The molecule has 1 saturated heterocycles. The molecule has 0 bridgehead atoms. The summed E-state index contributed by atoms with van der Waals surface area (Å²) in [4.78, 5) is 13.6. The number of hydrogen-bond donors (Lipinski definition) is 1. The van der Waals surface area contributed by atoms with Gasteiger partial charge in [-0.3, -0.25) is 4.79 Å². The van der Waals surface area contributed by atoms with Gasteiger partial charge in [-0.25, -0.2) is 0 Å². The lowest BCUT2D eigenvalue weighted by molar-refractivity contribution is -0.146. The minimum atomic E-state index is -0.217. The van der Waals surface area contributed by atoms with Gasteiger partial charge < -0.3 is 14.7 Å². The third kappa shape index (κ3) is 4.18. The van der Waals surface area contributed by atoms with Crippen LogP contribution in [0.2, 0.25) is 0 Å². The molecule has 1 rings (SSSR count). The van der Waals surface area contributed by atoms with E-state index in [4.69, 9.17) is 9.84 Å². The fourth-order valence-corrected chi connectivity index (χ4v) is 1.78. The zero-order chi connectivity index (χ0) is 11.3. The lowest BCUT2D eigenvalue weighted by atomic mass is 10.1. The van der Waals surface area contributed by atoms with Crippen molar-refractivity contribution in [1.82, 2.24) is 4.90 Å². The SMILES string of the molecule is CC1(C)CN(C(=O)CCCCO)CCO1. The van der Waals surface area contributed by atoms with E-state index in [9.17, 15) is 4.79 Å². The van der Waals surface area contributed by atoms with Crippen molar-refractivity contribution in [2.24, 2.45) is 0 Å². The molecule has 0 aromatic carbocycles. The highest BCUT2D eigenvalue weighted by molar-refractivity contribution is 5.76. The number of rotatable bonds is 4. The van der Waals surface area contributed by atoms with E-state index in [1.807, 2.05) is 18.7 Å². The summed E-state index contributed by atoms with van der Waals surface area (Å²) in [6.45, 7) is 6.16. The molecule has 1 fully saturated rings. The molecule has 0 saturated carbocycles. The monoisotopic (exact) mass is 215 g/mol. The molecular formula is C11H21NO3. The van der Waals surface area contributed by atoms with Crippen LogP contribution in [-0.4, -0.2) is 47.8 Å². The van der Waals surface area contributed by atoms with E-state index >= 15 is 0 Å². The van der Waals surface area contributed by atoms with Crippen LogP contribution in [0.5, 0.6) is 0 Å². The van der Waals surface area contributed by atoms with E-state index in [2.05, 4.69) is 0 Å². The molecule has 1 aliphatic heterocycles. The fraction of sp³-hybridized carbons (Fsp3) is 0.909. The Morgan fingerprint density at radius 2 is 2.20 bits per heavy atom. The minimum absolute atomic E-state index is 0.169. The van der Waals surface area contributed by atoms with Gasteiger partial charge in [0, 0.05) is 26.1 Å². The van der Waals surface area contributed by atoms with E-state index in [-0.39, 0.29) is 18.1 Å². The highest BCUT2D eigenvalue weighted by Gasteiger charge is 2.29. The van der Waals surface area contributed by atoms with Gasteiger partial charge in [0.2, 0.25) is 5.91 Å². The van der Waals surface area contributed by atoms with Gasteiger partial charge in [0.25, 0.3) is 0 Å². The van der Waals surface area contributed by atoms with Crippen molar-refractivity contribution < 1.29 is 14.6 Å². The zero-order valence-electron chi connectivity index (χ0n) is 9.66. The molecule has 0 unspecified atom stereocenters. The normalized spacial score (nSPS) is 20.3. The second kappa shape index (κ2) is 5.47. The average molecular weight is 215 g/mol. The molecule has 0 atom stereocenters. The highest BCUT2D eigenvalue weighted by atomic mass is 16.5. The molecule has 0 radical (unpaired) electrons. The Bertz CT molecular complexity index is 216. The van der Waals surface area contributed by atoms with E-state index in [0.717, 1.165) is 6.42 Å². The summed E-state index contributed by atoms with van der Waals surface area (Å²) >= 11 is 0. The number of morpholine rings is 1. The minimum Gasteiger partial charge on any atom is -0.396 e. The number of carbonyl (C=O) groups is 1. The standard InChI is InChI=1S/C11H21NO3/c1-11(2)9-12(6-8-15-11)10(14)5-3-4-7-13/h13H,3-9H2,1-2H3. The summed E-state index contributed by atoms with van der Waals surface area (Å²) in [6, 6.07) is 0. The Hall–Kier alpha value is -0.610. The number of aliphatic hydroxyl groups excluding tert-OH is 1. The Balaban J connectivity index is 2.32. The van der Waals surface area contributed by atoms with Gasteiger partial charge >= 0.3 is 0 Å². The fourth-order valence-electron chi connectivity index (χ4n) is 1.78. The molecule has 0 spiro atoms. The summed E-state index contributed by atoms with van der Waals surface area (Å²) in [5, 5.41) is 8.63. The summed E-state index contributed by atoms with van der Waals surface area (Å²) in [5.74, 6) is 0.180. The van der Waals surface area contributed by atoms with Crippen LogP contribution >= 0.6 is 0 Å². The topological polar surface area (TPSA) is 49.8 Å². The van der Waals surface area contributed by atoms with Crippen molar-refractivity contribution in [2.45, 2.75) is 38.7 Å². The van der Waals surface area contributed by atoms with Crippen LogP contribution in [0, 0.1) is 0 Å². The number of ether oxygens (including phenoxy) is 1. The molecule has 4 heteroatoms. The first-order valence-corrected chi connectivity index (χ1v) is 5.58. The smallest absolute Gasteiger partial charge is 0.222 e. The van der Waals surface area contributed by atoms with Gasteiger partial charge in [0.05, 0.1) is 12.2 Å². The molecule has 4 nitrogen and oxygen atoms in total. The number of aliphatic hydroxyl groups is 1. The molecule has 0 aliphatic carbocycles. The van der Waals surface area contributed by atoms with Crippen molar-refractivity contribution >= 4 is 5.91 Å². The first-order valence-electron chi connectivity index (χ1n) is 5.58. The van der Waals surface area contributed by atoms with E-state index in [1.165, 1.54) is 0 Å². The van der Waals surface area contributed by atoms with Crippen molar-refractivity contribution in [1.29, 1.82) is 0 Å². The summed E-state index contributed by atoms with van der Waals surface area (Å²) in [5.41, 5.74) is -0.217. The van der Waals surface area contributed by atoms with Crippen LogP contribution < -0.4 is 0 Å². The molecule has 1 aliphatic rings. The van der Waals surface area contributed by atoms with Crippen LogP contribution in [-0.2, 0) is 9.53 Å². The first kappa shape index (κ1) is 12.5. The zero-order valence-corrected chi connectivity index (χ0v) is 9.66. The molecule has 1 heterocycles. The third-order valence-corrected chi connectivity index (χ3v) is 2.58. The molecular weight excluding hydrogens is 194 g/mol. The Morgan fingerprint density at radius 3 is 2.80 bits per heavy atom. The van der Waals surface area contributed by atoms with E-state index in [1.54, 1.807) is 0 Å². The van der Waals surface area contributed by atoms with Crippen molar-refractivity contribution in [2.75, 3.05) is 26.3 Å². The molecule has 0 aromatic heterocycles. The summed E-state index contributed by atoms with van der Waals surface area (Å²) in [6.07, 6.45) is 2.02. The Labute approximate surface area is 91.2 Å². The average Bonchev–Trinajstić information content (AvgIpc) is 2.16. The van der Waals surface area contributed by atoms with Gasteiger partial charge in [-0.15, -0.1) is 0 Å². The highest BCUT2D eigenvalue weighted by Crippen LogP contribution is 2.17. The van der Waals surface area contributed by atoms with Gasteiger partial charge in [0.1, 0.15) is 0 Å². The van der Waals surface area contributed by atoms with Crippen LogP contribution in [0.25, 0.3) is 0 Å². The lowest BCUT2D eigenvalue weighted by Gasteiger charge is -2.38. The van der Waals surface area contributed by atoms with Crippen molar-refractivity contribution in [3.05, 3.63) is 0 Å². The quantitative estimate of drug-likeness (QED) is 0.705. The summed E-state index contributed by atoms with van der Waals surface area (Å²) < 4.78 is 5.54. The second-order valence-corrected chi connectivity index (χ2v) is 4.60. The predicted octanol–water partition coefficient (Wildman–Crippen LogP) is 0.786. The largest absolute Gasteiger partial charge is 0.396 e. The Morgan fingerprint density at radius 1 is 1.47 bits per heavy atom. The van der Waals surface area contributed by atoms with Crippen LogP contribution in [0.4, 0.5) is 0 Å². The van der Waals surface area contributed by atoms with E-state index < -0.39 is 0 Å². The number of hydrogen-bond acceptors (Lipinski definition) is 3. The maximum Gasteiger partial charge on any atom is 0.222 e. The van der Waals surface area contributed by atoms with Crippen molar-refractivity contribution in [3.63, 3.8) is 0 Å². The predicted molar refractivity (Wildman–Crippen MR) is 57.5 cm³/mol. The molecule has 15 heavy (non-hydrogen) atoms. The van der Waals surface area contributed by atoms with E-state index in [0.29, 0.717) is 32.5 Å².